The number of carbonyl (C=O) groups is 1. The van der Waals surface area contributed by atoms with Gasteiger partial charge in [-0.1, -0.05) is 18.2 Å². The zero-order valence-electron chi connectivity index (χ0n) is 6.75. The Hall–Kier alpha value is -1.91. The maximum Gasteiger partial charge on any atom is 0.413 e. The summed E-state index contributed by atoms with van der Waals surface area (Å²) in [6, 6.07) is 8.34. The van der Waals surface area contributed by atoms with Gasteiger partial charge in [-0.05, 0) is 17.3 Å². The monoisotopic (exact) mass is 180 g/mol. The number of para-hydroxylation sites is 1. The summed E-state index contributed by atoms with van der Waals surface area (Å²) >= 11 is 0. The van der Waals surface area contributed by atoms with E-state index in [9.17, 15) is 9.70 Å². The number of nitroso groups, excluding NO2 is 1. The van der Waals surface area contributed by atoms with Gasteiger partial charge in [0.25, 0.3) is 0 Å². The van der Waals surface area contributed by atoms with Crippen LogP contribution in [-0.2, 0) is 0 Å². The second-order valence-electron chi connectivity index (χ2n) is 2.32. The third kappa shape index (κ3) is 2.26. The van der Waals surface area contributed by atoms with Gasteiger partial charge in [-0.2, -0.15) is 0 Å². The van der Waals surface area contributed by atoms with E-state index in [0.29, 0.717) is 5.69 Å². The fourth-order valence-corrected chi connectivity index (χ4v) is 0.918. The molecule has 13 heavy (non-hydrogen) atoms. The Morgan fingerprint density at radius 3 is 2.46 bits per heavy atom. The third-order valence-corrected chi connectivity index (χ3v) is 1.50. The van der Waals surface area contributed by atoms with E-state index < -0.39 is 6.09 Å². The smallest absolute Gasteiger partial charge is 0.413 e. The van der Waals surface area contributed by atoms with Crippen LogP contribution in [0.4, 0.5) is 10.5 Å². The van der Waals surface area contributed by atoms with Crippen molar-refractivity contribution >= 4 is 11.8 Å². The van der Waals surface area contributed by atoms with E-state index in [1.807, 2.05) is 0 Å². The highest BCUT2D eigenvalue weighted by atomic mass is 16.4. The van der Waals surface area contributed by atoms with Gasteiger partial charge >= 0.3 is 6.09 Å². The Morgan fingerprint density at radius 1 is 1.38 bits per heavy atom. The van der Waals surface area contributed by atoms with Gasteiger partial charge in [0.1, 0.15) is 0 Å². The van der Waals surface area contributed by atoms with Crippen molar-refractivity contribution in [1.82, 2.24) is 0 Å². The Kier molecular flexibility index (Phi) is 2.97. The molecule has 0 fully saturated rings. The minimum absolute atomic E-state index is 0.390. The van der Waals surface area contributed by atoms with Crippen LogP contribution >= 0.6 is 0 Å². The van der Waals surface area contributed by atoms with Crippen molar-refractivity contribution in [3.05, 3.63) is 35.2 Å². The second kappa shape index (κ2) is 4.20. The molecule has 0 aliphatic carbocycles. The number of benzene rings is 1. The molecule has 0 heterocycles. The Labute approximate surface area is 74.6 Å². The summed E-state index contributed by atoms with van der Waals surface area (Å²) in [5.74, 6) is 0. The summed E-state index contributed by atoms with van der Waals surface area (Å²) in [5.41, 5.74) is 0.439. The zero-order chi connectivity index (χ0) is 9.68. The summed E-state index contributed by atoms with van der Waals surface area (Å²) in [4.78, 5) is 21.4. The van der Waals surface area contributed by atoms with Gasteiger partial charge < -0.3 is 5.11 Å². The predicted molar refractivity (Wildman–Crippen MR) is 47.6 cm³/mol. The maximum absolute atomic E-state index is 10.6. The minimum atomic E-state index is -1.19. The van der Waals surface area contributed by atoms with E-state index in [0.717, 1.165) is 4.90 Å². The van der Waals surface area contributed by atoms with E-state index >= 15 is 0 Å². The molecule has 0 aliphatic rings. The molecule has 1 aromatic carbocycles. The van der Waals surface area contributed by atoms with Crippen LogP contribution in [0, 0.1) is 4.91 Å². The first kappa shape index (κ1) is 9.18. The average Bonchev–Trinajstić information content (AvgIpc) is 2.15. The van der Waals surface area contributed by atoms with Crippen molar-refractivity contribution in [2.45, 2.75) is 0 Å². The molecule has 0 bridgehead atoms. The molecular formula is C8H8N2O3. The third-order valence-electron chi connectivity index (χ3n) is 1.50. The molecule has 0 radical (unpaired) electrons. The van der Waals surface area contributed by atoms with Crippen molar-refractivity contribution in [1.29, 1.82) is 0 Å². The van der Waals surface area contributed by atoms with Gasteiger partial charge in [0.15, 0.2) is 6.67 Å². The van der Waals surface area contributed by atoms with Crippen LogP contribution in [0.1, 0.15) is 0 Å². The summed E-state index contributed by atoms with van der Waals surface area (Å²) in [6.07, 6.45) is -1.19. The van der Waals surface area contributed by atoms with Crippen LogP contribution in [0.25, 0.3) is 0 Å². The van der Waals surface area contributed by atoms with E-state index in [-0.39, 0.29) is 6.67 Å². The van der Waals surface area contributed by atoms with E-state index in [2.05, 4.69) is 5.18 Å². The first-order valence-electron chi connectivity index (χ1n) is 3.60. The number of carboxylic acid groups (broad SMARTS) is 1. The minimum Gasteiger partial charge on any atom is -0.465 e. The van der Waals surface area contributed by atoms with Crippen molar-refractivity contribution < 1.29 is 9.90 Å². The van der Waals surface area contributed by atoms with E-state index in [4.69, 9.17) is 5.11 Å². The lowest BCUT2D eigenvalue weighted by atomic mass is 10.3. The summed E-state index contributed by atoms with van der Waals surface area (Å²) in [6.45, 7) is -0.390. The van der Waals surface area contributed by atoms with E-state index in [1.165, 1.54) is 0 Å². The molecule has 5 heteroatoms. The maximum atomic E-state index is 10.6. The number of rotatable bonds is 3. The standard InChI is InChI=1S/C8H8N2O3/c11-8(12)10(6-9-13)7-4-2-1-3-5-7/h1-5H,6H2,(H,11,12). The van der Waals surface area contributed by atoms with Gasteiger partial charge in [0.2, 0.25) is 0 Å². The summed E-state index contributed by atoms with van der Waals surface area (Å²) < 4.78 is 0. The molecule has 1 rings (SSSR count). The first-order valence-corrected chi connectivity index (χ1v) is 3.60. The topological polar surface area (TPSA) is 70.0 Å². The number of nitrogens with zero attached hydrogens (tertiary/aromatic N) is 2. The lowest BCUT2D eigenvalue weighted by molar-refractivity contribution is 0.202. The molecule has 1 aromatic rings. The van der Waals surface area contributed by atoms with Crippen molar-refractivity contribution in [3.63, 3.8) is 0 Å². The highest BCUT2D eigenvalue weighted by Crippen LogP contribution is 2.12. The van der Waals surface area contributed by atoms with Crippen LogP contribution in [0.2, 0.25) is 0 Å². The molecule has 68 valence electrons. The predicted octanol–water partition coefficient (Wildman–Crippen LogP) is 1.89. The molecule has 5 nitrogen and oxygen atoms in total. The van der Waals surface area contributed by atoms with Gasteiger partial charge in [-0.15, -0.1) is 4.91 Å². The lowest BCUT2D eigenvalue weighted by Gasteiger charge is -2.14. The van der Waals surface area contributed by atoms with Gasteiger partial charge in [-0.25, -0.2) is 4.79 Å². The molecule has 0 aliphatic heterocycles. The highest BCUT2D eigenvalue weighted by Gasteiger charge is 2.12. The molecule has 0 spiro atoms. The molecule has 0 saturated carbocycles. The summed E-state index contributed by atoms with van der Waals surface area (Å²) in [7, 11) is 0. The fourth-order valence-electron chi connectivity index (χ4n) is 0.918. The fraction of sp³-hybridized carbons (Fsp3) is 0.125. The quantitative estimate of drug-likeness (QED) is 0.722. The molecule has 0 aromatic heterocycles. The van der Waals surface area contributed by atoms with Gasteiger partial charge in [-0.3, -0.25) is 4.90 Å². The van der Waals surface area contributed by atoms with Crippen LogP contribution in [0.5, 0.6) is 0 Å². The molecule has 1 amide bonds. The second-order valence-corrected chi connectivity index (χ2v) is 2.32. The first-order chi connectivity index (χ1) is 6.25. The van der Waals surface area contributed by atoms with Crippen LogP contribution in [0.3, 0.4) is 0 Å². The number of hydrogen-bond acceptors (Lipinski definition) is 3. The van der Waals surface area contributed by atoms with Crippen molar-refractivity contribution in [2.24, 2.45) is 5.18 Å². The largest absolute Gasteiger partial charge is 0.465 e. The zero-order valence-corrected chi connectivity index (χ0v) is 6.75. The van der Waals surface area contributed by atoms with Gasteiger partial charge in [0, 0.05) is 5.69 Å². The SMILES string of the molecule is O=NCN(C(=O)O)c1ccccc1. The molecule has 0 saturated heterocycles. The Morgan fingerprint density at radius 2 is 2.00 bits per heavy atom. The Bertz CT molecular complexity index is 300. The van der Waals surface area contributed by atoms with Crippen LogP contribution < -0.4 is 4.90 Å². The molecule has 0 unspecified atom stereocenters. The number of anilines is 1. The average molecular weight is 180 g/mol. The Balaban J connectivity index is 2.88. The van der Waals surface area contributed by atoms with Crippen LogP contribution in [-0.4, -0.2) is 17.9 Å². The van der Waals surface area contributed by atoms with Gasteiger partial charge in [0.05, 0.1) is 0 Å². The lowest BCUT2D eigenvalue weighted by Crippen LogP contribution is -2.28. The summed E-state index contributed by atoms with van der Waals surface area (Å²) in [5, 5.41) is 11.2. The van der Waals surface area contributed by atoms with E-state index in [1.54, 1.807) is 30.3 Å². The number of hydrogen-bond donors (Lipinski definition) is 1. The number of amides is 1. The molecule has 0 atom stereocenters. The van der Waals surface area contributed by atoms with Crippen molar-refractivity contribution in [3.8, 4) is 0 Å². The molecule has 1 N–H and O–H groups in total. The van der Waals surface area contributed by atoms with Crippen molar-refractivity contribution in [2.75, 3.05) is 11.6 Å². The normalized spacial score (nSPS) is 9.23. The van der Waals surface area contributed by atoms with Crippen LogP contribution in [0.15, 0.2) is 35.5 Å². The highest BCUT2D eigenvalue weighted by molar-refractivity contribution is 5.85. The molecular weight excluding hydrogens is 172 g/mol.